The van der Waals surface area contributed by atoms with E-state index in [1.165, 1.54) is 22.7 Å². The average molecular weight is 568 g/mol. The molecule has 9 nitrogen and oxygen atoms in total. The van der Waals surface area contributed by atoms with Crippen molar-refractivity contribution < 1.29 is 19.5 Å². The Labute approximate surface area is 236 Å². The molecule has 2 aliphatic heterocycles. The van der Waals surface area contributed by atoms with Crippen LogP contribution >= 0.6 is 22.7 Å². The second kappa shape index (κ2) is 12.8. The van der Waals surface area contributed by atoms with Gasteiger partial charge in [0.1, 0.15) is 11.8 Å². The minimum Gasteiger partial charge on any atom is -0.415 e. The number of anilines is 1. The van der Waals surface area contributed by atoms with Gasteiger partial charge < -0.3 is 15.3 Å². The molecule has 2 amide bonds. The van der Waals surface area contributed by atoms with Gasteiger partial charge in [-0.1, -0.05) is 42.8 Å². The number of hydroxylamine groups is 1. The van der Waals surface area contributed by atoms with Gasteiger partial charge >= 0.3 is 0 Å². The number of carbonyl (C=O) groups is 2. The van der Waals surface area contributed by atoms with Crippen molar-refractivity contribution in [3.05, 3.63) is 81.7 Å². The number of carbonyl (C=O) groups excluding carboxylic acids is 2. The molecular formula is C28H33N5O4S2. The van der Waals surface area contributed by atoms with Gasteiger partial charge in [-0.05, 0) is 48.9 Å². The molecule has 5 rings (SSSR count). The van der Waals surface area contributed by atoms with E-state index in [1.807, 2.05) is 59.3 Å². The number of thiazole rings is 1. The molecule has 2 atom stereocenters. The van der Waals surface area contributed by atoms with Crippen LogP contribution in [-0.4, -0.2) is 65.6 Å². The molecule has 1 saturated heterocycles. The maximum Gasteiger partial charge on any atom is 0.270 e. The summed E-state index contributed by atoms with van der Waals surface area (Å²) in [6.45, 7) is 2.20. The van der Waals surface area contributed by atoms with Crippen LogP contribution in [0.15, 0.2) is 65.6 Å². The van der Waals surface area contributed by atoms with E-state index in [2.05, 4.69) is 15.7 Å². The van der Waals surface area contributed by atoms with Crippen LogP contribution in [0.5, 0.6) is 0 Å². The van der Waals surface area contributed by atoms with Crippen LogP contribution in [0, 0.1) is 0 Å². The summed E-state index contributed by atoms with van der Waals surface area (Å²) >= 11 is 2.85. The lowest BCUT2D eigenvalue weighted by atomic mass is 9.88. The Bertz CT molecular complexity index is 1270. The molecule has 39 heavy (non-hydrogen) atoms. The van der Waals surface area contributed by atoms with Gasteiger partial charge in [0, 0.05) is 25.0 Å². The molecule has 4 heterocycles. The highest BCUT2D eigenvalue weighted by molar-refractivity contribution is 7.14. The molecule has 3 aromatic rings. The second-order valence-electron chi connectivity index (χ2n) is 9.56. The summed E-state index contributed by atoms with van der Waals surface area (Å²) in [6.07, 6.45) is 7.10. The molecule has 1 aromatic carbocycles. The van der Waals surface area contributed by atoms with Crippen LogP contribution in [-0.2, 0) is 15.2 Å². The summed E-state index contributed by atoms with van der Waals surface area (Å²) in [6, 6.07) is 13.5. The number of nitrogens with one attached hydrogen (secondary N) is 2. The fraction of sp³-hybridized carbons (Fsp3) is 0.393. The van der Waals surface area contributed by atoms with Gasteiger partial charge in [-0.25, -0.2) is 4.98 Å². The lowest BCUT2D eigenvalue weighted by molar-refractivity contribution is -0.127. The molecule has 0 saturated carbocycles. The van der Waals surface area contributed by atoms with E-state index in [9.17, 15) is 9.59 Å². The third-order valence-electron chi connectivity index (χ3n) is 7.09. The highest BCUT2D eigenvalue weighted by Gasteiger charge is 2.39. The van der Waals surface area contributed by atoms with Crippen molar-refractivity contribution in [3.63, 3.8) is 0 Å². The first-order valence-corrected chi connectivity index (χ1v) is 15.0. The lowest BCUT2D eigenvalue weighted by Gasteiger charge is -2.35. The van der Waals surface area contributed by atoms with Crippen molar-refractivity contribution in [2.45, 2.75) is 37.3 Å². The summed E-state index contributed by atoms with van der Waals surface area (Å²) in [5.41, 5.74) is 4.10. The quantitative estimate of drug-likeness (QED) is 0.326. The Kier molecular flexibility index (Phi) is 9.05. The molecule has 1 fully saturated rings. The number of aromatic nitrogens is 1. The standard InChI is InChI=1S/C28H33N5O4S2/c34-17-13-29-25(35)22-10-4-5-14-32(22)15-7-16-33(26(36)23-11-6-19-38-23)27-30-24(20-39-27)28(12-18-37-31-28)21-8-2-1-3-9-21/h1-3,6,8-9,11-12,18-20,22,31,34H,4-5,7,10,13-17H2,(H,29,35). The number of likely N-dealkylation sites (tertiary alicyclic amines) is 1. The van der Waals surface area contributed by atoms with Crippen LogP contribution in [0.2, 0.25) is 0 Å². The average Bonchev–Trinajstić information content (AvgIpc) is 3.77. The van der Waals surface area contributed by atoms with Gasteiger partial charge in [0.25, 0.3) is 5.91 Å². The van der Waals surface area contributed by atoms with Crippen molar-refractivity contribution in [2.75, 3.05) is 37.7 Å². The Morgan fingerprint density at radius 2 is 2.08 bits per heavy atom. The highest BCUT2D eigenvalue weighted by atomic mass is 32.1. The first kappa shape index (κ1) is 27.5. The van der Waals surface area contributed by atoms with Gasteiger partial charge in [0.15, 0.2) is 5.13 Å². The first-order valence-electron chi connectivity index (χ1n) is 13.2. The third kappa shape index (κ3) is 6.07. The zero-order chi connectivity index (χ0) is 27.1. The van der Waals surface area contributed by atoms with Crippen molar-refractivity contribution in [1.29, 1.82) is 0 Å². The van der Waals surface area contributed by atoms with Crippen LogP contribution in [0.1, 0.15) is 46.6 Å². The molecule has 2 aromatic heterocycles. The zero-order valence-electron chi connectivity index (χ0n) is 21.6. The zero-order valence-corrected chi connectivity index (χ0v) is 23.3. The SMILES string of the molecule is O=C(NCCO)C1CCCCN1CCCN(C(=O)c1cccs1)c1nc(C2(c3ccccc3)C=CON2)cs1. The van der Waals surface area contributed by atoms with Crippen molar-refractivity contribution >= 4 is 39.6 Å². The summed E-state index contributed by atoms with van der Waals surface area (Å²) in [7, 11) is 0. The van der Waals surface area contributed by atoms with Crippen molar-refractivity contribution in [3.8, 4) is 0 Å². The first-order chi connectivity index (χ1) is 19.1. The molecule has 206 valence electrons. The number of thiophene rings is 1. The number of hydrogen-bond donors (Lipinski definition) is 3. The molecule has 0 radical (unpaired) electrons. The van der Waals surface area contributed by atoms with Gasteiger partial charge in [0.2, 0.25) is 5.91 Å². The Morgan fingerprint density at radius 3 is 2.82 bits per heavy atom. The van der Waals surface area contributed by atoms with Gasteiger partial charge in [-0.3, -0.25) is 19.4 Å². The Hall–Kier alpha value is -3.09. The summed E-state index contributed by atoms with van der Waals surface area (Å²) in [5, 5.41) is 16.4. The summed E-state index contributed by atoms with van der Waals surface area (Å²) in [4.78, 5) is 41.3. The van der Waals surface area contributed by atoms with Crippen molar-refractivity contribution in [1.82, 2.24) is 20.7 Å². The fourth-order valence-corrected chi connectivity index (χ4v) is 6.69. The number of hydrogen-bond acceptors (Lipinski definition) is 9. The fourth-order valence-electron chi connectivity index (χ4n) is 5.11. The van der Waals surface area contributed by atoms with Crippen LogP contribution in [0.3, 0.4) is 0 Å². The van der Waals surface area contributed by atoms with E-state index in [1.54, 1.807) is 11.2 Å². The van der Waals surface area contributed by atoms with E-state index in [0.29, 0.717) is 29.5 Å². The third-order valence-corrected chi connectivity index (χ3v) is 8.82. The number of amides is 2. The predicted octanol–water partition coefficient (Wildman–Crippen LogP) is 3.50. The molecule has 3 N–H and O–H groups in total. The maximum absolute atomic E-state index is 13.6. The van der Waals surface area contributed by atoms with Crippen LogP contribution < -0.4 is 15.7 Å². The van der Waals surface area contributed by atoms with E-state index in [-0.39, 0.29) is 31.0 Å². The van der Waals surface area contributed by atoms with E-state index in [4.69, 9.17) is 14.9 Å². The summed E-state index contributed by atoms with van der Waals surface area (Å²) < 4.78 is 0. The van der Waals surface area contributed by atoms with Gasteiger partial charge in [0.05, 0.1) is 23.2 Å². The summed E-state index contributed by atoms with van der Waals surface area (Å²) in [5.74, 6) is -0.118. The maximum atomic E-state index is 13.6. The van der Waals surface area contributed by atoms with Crippen LogP contribution in [0.25, 0.3) is 0 Å². The number of aliphatic hydroxyl groups excluding tert-OH is 1. The smallest absolute Gasteiger partial charge is 0.270 e. The number of aliphatic hydroxyl groups is 1. The van der Waals surface area contributed by atoms with Crippen molar-refractivity contribution in [2.24, 2.45) is 0 Å². The molecule has 0 spiro atoms. The largest absolute Gasteiger partial charge is 0.415 e. The van der Waals surface area contributed by atoms with E-state index in [0.717, 1.165) is 37.1 Å². The number of nitrogens with zero attached hydrogens (tertiary/aromatic N) is 3. The second-order valence-corrected chi connectivity index (χ2v) is 11.3. The van der Waals surface area contributed by atoms with Gasteiger partial charge in [-0.2, -0.15) is 0 Å². The number of rotatable bonds is 11. The molecule has 2 unspecified atom stereocenters. The lowest BCUT2D eigenvalue weighted by Crippen LogP contribution is -2.50. The minimum atomic E-state index is -0.739. The molecular weight excluding hydrogens is 534 g/mol. The highest BCUT2D eigenvalue weighted by Crippen LogP contribution is 2.37. The van der Waals surface area contributed by atoms with E-state index < -0.39 is 5.54 Å². The Balaban J connectivity index is 1.34. The topological polar surface area (TPSA) is 107 Å². The molecule has 2 aliphatic rings. The predicted molar refractivity (Wildman–Crippen MR) is 153 cm³/mol. The molecule has 11 heteroatoms. The molecule has 0 aliphatic carbocycles. The molecule has 0 bridgehead atoms. The van der Waals surface area contributed by atoms with Gasteiger partial charge in [-0.15, -0.1) is 28.2 Å². The number of benzene rings is 1. The normalized spacial score (nSPS) is 21.0. The Morgan fingerprint density at radius 1 is 1.21 bits per heavy atom. The van der Waals surface area contributed by atoms with E-state index >= 15 is 0 Å². The minimum absolute atomic E-state index is 0.0367. The number of piperidine rings is 1. The van der Waals surface area contributed by atoms with Crippen LogP contribution in [0.4, 0.5) is 5.13 Å². The monoisotopic (exact) mass is 567 g/mol.